The van der Waals surface area contributed by atoms with Crippen LogP contribution >= 0.6 is 0 Å². The monoisotopic (exact) mass is 196 g/mol. The molecule has 0 aliphatic rings. The molecule has 0 fully saturated rings. The molecule has 1 rings (SSSR count). The van der Waals surface area contributed by atoms with E-state index in [1.54, 1.807) is 6.07 Å². The Kier molecular flexibility index (Phi) is 3.39. The number of hydrogen-bond acceptors (Lipinski definition) is 4. The second-order valence-corrected chi connectivity index (χ2v) is 2.92. The first-order chi connectivity index (χ1) is 6.70. The quantitative estimate of drug-likeness (QED) is 0.695. The van der Waals surface area contributed by atoms with E-state index in [2.05, 4.69) is 10.4 Å². The van der Waals surface area contributed by atoms with E-state index in [1.165, 1.54) is 25.1 Å². The van der Waals surface area contributed by atoms with Crippen molar-refractivity contribution in [3.8, 4) is 0 Å². The maximum Gasteiger partial charge on any atom is 0.145 e. The summed E-state index contributed by atoms with van der Waals surface area (Å²) < 4.78 is 13.2. The van der Waals surface area contributed by atoms with Crippen molar-refractivity contribution < 1.29 is 4.39 Å². The lowest BCUT2D eigenvalue weighted by Crippen LogP contribution is -2.11. The highest BCUT2D eigenvalue weighted by atomic mass is 19.1. The van der Waals surface area contributed by atoms with Gasteiger partial charge in [0.1, 0.15) is 17.9 Å². The minimum atomic E-state index is -1.05. The highest BCUT2D eigenvalue weighted by Gasteiger charge is 2.23. The predicted octanol–water partition coefficient (Wildman–Crippen LogP) is 2.79. The summed E-state index contributed by atoms with van der Waals surface area (Å²) in [6.45, 7) is 1.42. The van der Waals surface area contributed by atoms with E-state index in [-0.39, 0.29) is 5.56 Å². The molecule has 2 unspecified atom stereocenters. The van der Waals surface area contributed by atoms with Gasteiger partial charge in [-0.15, -0.1) is 0 Å². The van der Waals surface area contributed by atoms with Crippen molar-refractivity contribution >= 4 is 0 Å². The molecule has 4 nitrogen and oxygen atoms in total. The van der Waals surface area contributed by atoms with Crippen LogP contribution in [0.25, 0.3) is 0 Å². The van der Waals surface area contributed by atoms with Gasteiger partial charge in [0, 0.05) is 5.56 Å². The topological polar surface area (TPSA) is 58.9 Å². The molecule has 0 N–H and O–H groups in total. The molecule has 1 aromatic carbocycles. The molecule has 0 radical (unpaired) electrons. The maximum atomic E-state index is 13.2. The largest absolute Gasteiger partial charge is 0.207 e. The Balaban J connectivity index is 3.06. The fourth-order valence-electron chi connectivity index (χ4n) is 1.18. The normalized spacial score (nSPS) is 14.4. The average molecular weight is 196 g/mol. The van der Waals surface area contributed by atoms with Crippen molar-refractivity contribution in [2.24, 2.45) is 10.4 Å². The zero-order chi connectivity index (χ0) is 10.6. The fourth-order valence-corrected chi connectivity index (χ4v) is 1.18. The van der Waals surface area contributed by atoms with Crippen LogP contribution < -0.4 is 0 Å². The van der Waals surface area contributed by atoms with E-state index >= 15 is 0 Å². The smallest absolute Gasteiger partial charge is 0.145 e. The van der Waals surface area contributed by atoms with E-state index < -0.39 is 17.9 Å². The first-order valence-corrected chi connectivity index (χ1v) is 4.10. The van der Waals surface area contributed by atoms with Gasteiger partial charge >= 0.3 is 0 Å². The Bertz CT molecular complexity index is 343. The summed E-state index contributed by atoms with van der Waals surface area (Å²) >= 11 is 0. The highest BCUT2D eigenvalue weighted by Crippen LogP contribution is 2.25. The van der Waals surface area contributed by atoms with E-state index in [9.17, 15) is 14.2 Å². The lowest BCUT2D eigenvalue weighted by Gasteiger charge is -2.11. The third-order valence-corrected chi connectivity index (χ3v) is 1.96. The zero-order valence-corrected chi connectivity index (χ0v) is 7.55. The van der Waals surface area contributed by atoms with Gasteiger partial charge in [-0.3, -0.25) is 0 Å². The van der Waals surface area contributed by atoms with Crippen LogP contribution in [0.4, 0.5) is 4.39 Å². The molecule has 0 aromatic heterocycles. The van der Waals surface area contributed by atoms with Crippen LogP contribution in [0.15, 0.2) is 34.6 Å². The van der Waals surface area contributed by atoms with Crippen molar-refractivity contribution in [2.45, 2.75) is 19.0 Å². The molecule has 0 heterocycles. The molecule has 0 aliphatic carbocycles. The molecule has 0 aliphatic heterocycles. The molecule has 5 heteroatoms. The minimum absolute atomic E-state index is 0.106. The van der Waals surface area contributed by atoms with Crippen LogP contribution in [0.1, 0.15) is 18.5 Å². The lowest BCUT2D eigenvalue weighted by molar-refractivity contribution is 0.534. The molecule has 0 spiro atoms. The van der Waals surface area contributed by atoms with Gasteiger partial charge in [0.2, 0.25) is 0 Å². The summed E-state index contributed by atoms with van der Waals surface area (Å²) in [4.78, 5) is 20.7. The second-order valence-electron chi connectivity index (χ2n) is 2.92. The Morgan fingerprint density at radius 2 is 1.86 bits per heavy atom. The van der Waals surface area contributed by atoms with Gasteiger partial charge in [-0.1, -0.05) is 28.6 Å². The first kappa shape index (κ1) is 10.4. The van der Waals surface area contributed by atoms with Crippen molar-refractivity contribution in [3.05, 3.63) is 45.5 Å². The minimum Gasteiger partial charge on any atom is -0.207 e. The molecule has 1 aromatic rings. The van der Waals surface area contributed by atoms with Gasteiger partial charge in [-0.05, 0) is 13.0 Å². The van der Waals surface area contributed by atoms with Crippen molar-refractivity contribution in [3.63, 3.8) is 0 Å². The lowest BCUT2D eigenvalue weighted by atomic mass is 10.0. The maximum absolute atomic E-state index is 13.2. The van der Waals surface area contributed by atoms with Crippen molar-refractivity contribution in [1.29, 1.82) is 0 Å². The summed E-state index contributed by atoms with van der Waals surface area (Å²) in [5, 5.41) is 5.37. The SMILES string of the molecule is CC(N=O)C(N=O)c1ccccc1F. The van der Waals surface area contributed by atoms with E-state index in [0.717, 1.165) is 0 Å². The Labute approximate surface area is 80.1 Å². The molecule has 0 amide bonds. The predicted molar refractivity (Wildman–Crippen MR) is 50.2 cm³/mol. The molecule has 2 atom stereocenters. The second kappa shape index (κ2) is 4.55. The third-order valence-electron chi connectivity index (χ3n) is 1.96. The van der Waals surface area contributed by atoms with Crippen LogP contribution in [-0.2, 0) is 0 Å². The van der Waals surface area contributed by atoms with Gasteiger partial charge in [0.05, 0.1) is 0 Å². The van der Waals surface area contributed by atoms with Gasteiger partial charge in [-0.25, -0.2) is 4.39 Å². The van der Waals surface area contributed by atoms with Crippen LogP contribution in [-0.4, -0.2) is 6.04 Å². The first-order valence-electron chi connectivity index (χ1n) is 4.10. The van der Waals surface area contributed by atoms with Crippen LogP contribution in [0.3, 0.4) is 0 Å². The van der Waals surface area contributed by atoms with Gasteiger partial charge in [0.25, 0.3) is 0 Å². The summed E-state index contributed by atoms with van der Waals surface area (Å²) in [6.07, 6.45) is 0. The third kappa shape index (κ3) is 1.99. The molecular weight excluding hydrogens is 187 g/mol. The molecule has 0 bridgehead atoms. The number of nitroso groups, excluding NO2 is 2. The highest BCUT2D eigenvalue weighted by molar-refractivity contribution is 5.22. The Morgan fingerprint density at radius 3 is 2.36 bits per heavy atom. The number of hydrogen-bond donors (Lipinski definition) is 0. The van der Waals surface area contributed by atoms with Crippen molar-refractivity contribution in [1.82, 2.24) is 0 Å². The average Bonchev–Trinajstić information content (AvgIpc) is 2.21. The number of benzene rings is 1. The number of rotatable bonds is 4. The van der Waals surface area contributed by atoms with Gasteiger partial charge < -0.3 is 0 Å². The Hall–Kier alpha value is -1.65. The molecule has 14 heavy (non-hydrogen) atoms. The molecule has 0 saturated heterocycles. The number of nitrogens with zero attached hydrogens (tertiary/aromatic N) is 2. The van der Waals surface area contributed by atoms with Gasteiger partial charge in [-0.2, -0.15) is 9.81 Å². The molecule has 0 saturated carbocycles. The summed E-state index contributed by atoms with van der Waals surface area (Å²) in [5.41, 5.74) is 0.106. The summed E-state index contributed by atoms with van der Waals surface area (Å²) in [6, 6.07) is 3.81. The Morgan fingerprint density at radius 1 is 1.21 bits per heavy atom. The van der Waals surface area contributed by atoms with Crippen molar-refractivity contribution in [2.75, 3.05) is 0 Å². The van der Waals surface area contributed by atoms with Crippen LogP contribution in [0.5, 0.6) is 0 Å². The van der Waals surface area contributed by atoms with Crippen LogP contribution in [0.2, 0.25) is 0 Å². The standard InChI is InChI=1S/C9H9FN2O2/c1-6(11-13)9(12-14)7-4-2-3-5-8(7)10/h2-6,9H,1H3. The van der Waals surface area contributed by atoms with E-state index in [0.29, 0.717) is 0 Å². The van der Waals surface area contributed by atoms with E-state index in [4.69, 9.17) is 0 Å². The van der Waals surface area contributed by atoms with Crippen LogP contribution in [0, 0.1) is 15.6 Å². The molecular formula is C9H9FN2O2. The van der Waals surface area contributed by atoms with E-state index in [1.807, 2.05) is 0 Å². The zero-order valence-electron chi connectivity index (χ0n) is 7.55. The summed E-state index contributed by atoms with van der Waals surface area (Å²) in [5.74, 6) is -0.549. The van der Waals surface area contributed by atoms with Gasteiger partial charge in [0.15, 0.2) is 0 Å². The fraction of sp³-hybridized carbons (Fsp3) is 0.333. The number of halogens is 1. The summed E-state index contributed by atoms with van der Waals surface area (Å²) in [7, 11) is 0. The molecule has 74 valence electrons.